The third kappa shape index (κ3) is 3.73. The van der Waals surface area contributed by atoms with Crippen LogP contribution in [0.2, 0.25) is 0 Å². The van der Waals surface area contributed by atoms with Crippen LogP contribution >= 0.6 is 0 Å². The number of carbonyl (C=O) groups excluding carboxylic acids is 2. The monoisotopic (exact) mass is 427 g/mol. The average molecular weight is 428 g/mol. The second-order valence-corrected chi connectivity index (χ2v) is 8.31. The lowest BCUT2D eigenvalue weighted by atomic mass is 9.79. The van der Waals surface area contributed by atoms with E-state index in [9.17, 15) is 9.59 Å². The van der Waals surface area contributed by atoms with Crippen molar-refractivity contribution in [1.29, 1.82) is 0 Å². The van der Waals surface area contributed by atoms with E-state index in [2.05, 4.69) is 10.3 Å². The summed E-state index contributed by atoms with van der Waals surface area (Å²) in [6.45, 7) is 0.382. The zero-order valence-electron chi connectivity index (χ0n) is 17.9. The highest BCUT2D eigenvalue weighted by Gasteiger charge is 2.49. The Balaban J connectivity index is 1.58. The van der Waals surface area contributed by atoms with Gasteiger partial charge in [0, 0.05) is 30.5 Å². The van der Waals surface area contributed by atoms with Gasteiger partial charge in [-0.05, 0) is 53.8 Å². The Morgan fingerprint density at radius 2 is 1.97 bits per heavy atom. The summed E-state index contributed by atoms with van der Waals surface area (Å²) in [4.78, 5) is 33.3. The summed E-state index contributed by atoms with van der Waals surface area (Å²) in [5.41, 5.74) is 3.21. The molecule has 2 heterocycles. The highest BCUT2D eigenvalue weighted by Crippen LogP contribution is 2.48. The molecule has 1 N–H and O–H groups in total. The van der Waals surface area contributed by atoms with Gasteiger partial charge in [0.2, 0.25) is 5.91 Å². The number of fused-ring (bicyclic) bond motifs is 1. The fourth-order valence-electron chi connectivity index (χ4n) is 4.57. The predicted molar refractivity (Wildman–Crippen MR) is 120 cm³/mol. The van der Waals surface area contributed by atoms with Gasteiger partial charge in [0.15, 0.2) is 0 Å². The molecule has 1 saturated carbocycles. The third-order valence-electron chi connectivity index (χ3n) is 6.22. The number of benzene rings is 2. The number of nitrogens with one attached hydrogen (secondary N) is 1. The minimum absolute atomic E-state index is 0.00720. The van der Waals surface area contributed by atoms with Crippen LogP contribution in [-0.4, -0.2) is 34.8 Å². The highest BCUT2D eigenvalue weighted by atomic mass is 16.5. The lowest BCUT2D eigenvalue weighted by Gasteiger charge is -2.42. The molecule has 1 aliphatic heterocycles. The van der Waals surface area contributed by atoms with Crippen molar-refractivity contribution < 1.29 is 14.3 Å². The SMILES string of the molecule is COc1cccc([C@@H]2[C@H](C(=O)NCc3cccnc3)c3ccccc3C(=O)N2C2CC2)c1. The van der Waals surface area contributed by atoms with Gasteiger partial charge in [-0.3, -0.25) is 14.6 Å². The van der Waals surface area contributed by atoms with Crippen molar-refractivity contribution in [1.82, 2.24) is 15.2 Å². The summed E-state index contributed by atoms with van der Waals surface area (Å²) in [5.74, 6) is 0.0758. The Morgan fingerprint density at radius 3 is 2.72 bits per heavy atom. The molecule has 162 valence electrons. The molecule has 5 rings (SSSR count). The van der Waals surface area contributed by atoms with E-state index in [1.54, 1.807) is 19.5 Å². The van der Waals surface area contributed by atoms with Crippen molar-refractivity contribution in [3.8, 4) is 5.75 Å². The largest absolute Gasteiger partial charge is 0.497 e. The van der Waals surface area contributed by atoms with Crippen LogP contribution in [-0.2, 0) is 11.3 Å². The number of hydrogen-bond acceptors (Lipinski definition) is 4. The fourth-order valence-corrected chi connectivity index (χ4v) is 4.57. The highest BCUT2D eigenvalue weighted by molar-refractivity contribution is 6.01. The number of nitrogens with zero attached hydrogens (tertiary/aromatic N) is 2. The van der Waals surface area contributed by atoms with E-state index < -0.39 is 12.0 Å². The Labute approximate surface area is 187 Å². The van der Waals surface area contributed by atoms with Crippen molar-refractivity contribution in [2.75, 3.05) is 7.11 Å². The molecule has 1 aromatic heterocycles. The van der Waals surface area contributed by atoms with E-state index in [1.165, 1.54) is 0 Å². The molecule has 1 aliphatic carbocycles. The van der Waals surface area contributed by atoms with Gasteiger partial charge in [0.05, 0.1) is 19.1 Å². The third-order valence-corrected chi connectivity index (χ3v) is 6.22. The molecule has 3 aromatic rings. The molecule has 0 radical (unpaired) electrons. The van der Waals surface area contributed by atoms with Gasteiger partial charge in [0.1, 0.15) is 5.75 Å². The van der Waals surface area contributed by atoms with Crippen LogP contribution < -0.4 is 10.1 Å². The molecular weight excluding hydrogens is 402 g/mol. The van der Waals surface area contributed by atoms with Gasteiger partial charge >= 0.3 is 0 Å². The molecule has 32 heavy (non-hydrogen) atoms. The van der Waals surface area contributed by atoms with Gasteiger partial charge in [-0.25, -0.2) is 0 Å². The molecular formula is C26H25N3O3. The van der Waals surface area contributed by atoms with Crippen LogP contribution in [0.25, 0.3) is 0 Å². The predicted octanol–water partition coefficient (Wildman–Crippen LogP) is 3.85. The van der Waals surface area contributed by atoms with Crippen molar-refractivity contribution in [3.63, 3.8) is 0 Å². The molecule has 0 spiro atoms. The molecule has 6 heteroatoms. The van der Waals surface area contributed by atoms with E-state index in [0.717, 1.165) is 29.5 Å². The van der Waals surface area contributed by atoms with Crippen molar-refractivity contribution in [2.45, 2.75) is 37.4 Å². The minimum atomic E-state index is -0.520. The van der Waals surface area contributed by atoms with Gasteiger partial charge in [-0.2, -0.15) is 0 Å². The number of amides is 2. The van der Waals surface area contributed by atoms with Crippen molar-refractivity contribution in [2.24, 2.45) is 0 Å². The topological polar surface area (TPSA) is 71.5 Å². The molecule has 2 aliphatic rings. The molecule has 2 atom stereocenters. The van der Waals surface area contributed by atoms with E-state index in [-0.39, 0.29) is 17.9 Å². The number of ether oxygens (including phenoxy) is 1. The summed E-state index contributed by atoms with van der Waals surface area (Å²) in [5, 5.41) is 3.08. The summed E-state index contributed by atoms with van der Waals surface area (Å²) in [6.07, 6.45) is 5.37. The zero-order valence-corrected chi connectivity index (χ0v) is 17.9. The van der Waals surface area contributed by atoms with E-state index in [0.29, 0.717) is 17.9 Å². The molecule has 0 saturated heterocycles. The minimum Gasteiger partial charge on any atom is -0.497 e. The average Bonchev–Trinajstić information content (AvgIpc) is 3.68. The fraction of sp³-hybridized carbons (Fsp3) is 0.269. The maximum Gasteiger partial charge on any atom is 0.254 e. The van der Waals surface area contributed by atoms with E-state index in [4.69, 9.17) is 4.74 Å². The molecule has 6 nitrogen and oxygen atoms in total. The number of carbonyl (C=O) groups is 2. The number of methoxy groups -OCH3 is 1. The smallest absolute Gasteiger partial charge is 0.254 e. The first kappa shape index (κ1) is 20.2. The number of pyridine rings is 1. The molecule has 2 amide bonds. The van der Waals surface area contributed by atoms with Crippen LogP contribution in [0.3, 0.4) is 0 Å². The zero-order chi connectivity index (χ0) is 22.1. The molecule has 2 aromatic carbocycles. The Bertz CT molecular complexity index is 1140. The standard InChI is InChI=1S/C26H25N3O3/c1-32-20-8-4-7-18(14-20)24-23(25(30)28-16-17-6-5-13-27-15-17)21-9-2-3-10-22(21)26(31)29(24)19-11-12-19/h2-10,13-15,19,23-24H,11-12,16H2,1H3,(H,28,30)/t23-,24-/m1/s1. The van der Waals surface area contributed by atoms with E-state index in [1.807, 2.05) is 65.6 Å². The van der Waals surface area contributed by atoms with Crippen molar-refractivity contribution in [3.05, 3.63) is 95.3 Å². The maximum atomic E-state index is 13.7. The van der Waals surface area contributed by atoms with Crippen LogP contribution in [0.5, 0.6) is 5.75 Å². The quantitative estimate of drug-likeness (QED) is 0.649. The second kappa shape index (κ2) is 8.46. The second-order valence-electron chi connectivity index (χ2n) is 8.31. The van der Waals surface area contributed by atoms with Gasteiger partial charge in [0.25, 0.3) is 5.91 Å². The Hall–Kier alpha value is -3.67. The van der Waals surface area contributed by atoms with Crippen LogP contribution in [0, 0.1) is 0 Å². The summed E-state index contributed by atoms with van der Waals surface area (Å²) >= 11 is 0. The van der Waals surface area contributed by atoms with Crippen molar-refractivity contribution >= 4 is 11.8 Å². The number of hydrogen-bond donors (Lipinski definition) is 1. The first-order valence-corrected chi connectivity index (χ1v) is 10.9. The summed E-state index contributed by atoms with van der Waals surface area (Å²) in [7, 11) is 1.62. The molecule has 0 unspecified atom stereocenters. The van der Waals surface area contributed by atoms with Crippen LogP contribution in [0.1, 0.15) is 51.8 Å². The lowest BCUT2D eigenvalue weighted by Crippen LogP contribution is -2.48. The van der Waals surface area contributed by atoms with Gasteiger partial charge < -0.3 is 15.0 Å². The summed E-state index contributed by atoms with van der Waals surface area (Å²) < 4.78 is 5.44. The van der Waals surface area contributed by atoms with Crippen LogP contribution in [0.15, 0.2) is 73.1 Å². The normalized spacial score (nSPS) is 19.9. The summed E-state index contributed by atoms with van der Waals surface area (Å²) in [6, 6.07) is 18.7. The molecule has 1 fully saturated rings. The molecule has 0 bridgehead atoms. The van der Waals surface area contributed by atoms with Gasteiger partial charge in [-0.15, -0.1) is 0 Å². The first-order valence-electron chi connectivity index (χ1n) is 10.9. The van der Waals surface area contributed by atoms with E-state index >= 15 is 0 Å². The lowest BCUT2D eigenvalue weighted by molar-refractivity contribution is -0.124. The maximum absolute atomic E-state index is 13.7. The Morgan fingerprint density at radius 1 is 1.12 bits per heavy atom. The number of rotatable bonds is 6. The number of aromatic nitrogens is 1. The Kier molecular flexibility index (Phi) is 5.35. The van der Waals surface area contributed by atoms with Crippen LogP contribution in [0.4, 0.5) is 0 Å². The van der Waals surface area contributed by atoms with Gasteiger partial charge in [-0.1, -0.05) is 36.4 Å². The first-order chi connectivity index (χ1) is 15.7.